The van der Waals surface area contributed by atoms with Gasteiger partial charge in [-0.25, -0.2) is 8.42 Å². The summed E-state index contributed by atoms with van der Waals surface area (Å²) in [7, 11) is -3.51. The molecular weight excluding hydrogens is 446 g/mol. The molecule has 10 heteroatoms. The molecule has 5 rings (SSSR count). The van der Waals surface area contributed by atoms with E-state index in [0.29, 0.717) is 43.9 Å². The summed E-state index contributed by atoms with van der Waals surface area (Å²) in [5.41, 5.74) is 0.839. The van der Waals surface area contributed by atoms with Crippen LogP contribution in [0.1, 0.15) is 49.0 Å². The Morgan fingerprint density at radius 1 is 1.03 bits per heavy atom. The lowest BCUT2D eigenvalue weighted by molar-refractivity contribution is -0.129. The topological polar surface area (TPSA) is 88.4 Å². The van der Waals surface area contributed by atoms with Crippen molar-refractivity contribution in [2.24, 2.45) is 0 Å². The number of hydrogen-bond acceptors (Lipinski definition) is 6. The van der Waals surface area contributed by atoms with Crippen LogP contribution in [0.25, 0.3) is 6.08 Å². The highest BCUT2D eigenvalue weighted by atomic mass is 32.2. The molecule has 1 saturated heterocycles. The number of carbonyl (C=O) groups is 1. The molecule has 32 heavy (non-hydrogen) atoms. The second-order valence-corrected chi connectivity index (χ2v) is 11.3. The Morgan fingerprint density at radius 2 is 1.75 bits per heavy atom. The van der Waals surface area contributed by atoms with Crippen LogP contribution < -0.4 is 0 Å². The van der Waals surface area contributed by atoms with Crippen LogP contribution >= 0.6 is 11.8 Å². The molecule has 2 heterocycles. The third-order valence-electron chi connectivity index (χ3n) is 6.05. The monoisotopic (exact) mass is 473 g/mol. The van der Waals surface area contributed by atoms with E-state index < -0.39 is 10.0 Å². The highest BCUT2D eigenvalue weighted by Crippen LogP contribution is 2.46. The van der Waals surface area contributed by atoms with Crippen molar-refractivity contribution in [3.05, 3.63) is 47.1 Å². The number of hydrogen-bond donors (Lipinski definition) is 0. The summed E-state index contributed by atoms with van der Waals surface area (Å²) in [4.78, 5) is 14.5. The first-order chi connectivity index (χ1) is 15.5. The molecule has 1 aromatic carbocycles. The Hall–Kier alpha value is -2.17. The van der Waals surface area contributed by atoms with Crippen molar-refractivity contribution in [3.63, 3.8) is 0 Å². The number of sulfonamides is 1. The zero-order valence-corrected chi connectivity index (χ0v) is 19.5. The molecule has 8 nitrogen and oxygen atoms in total. The highest BCUT2D eigenvalue weighted by molar-refractivity contribution is 7.99. The summed E-state index contributed by atoms with van der Waals surface area (Å²) in [5, 5.41) is 10.8. The first-order valence-electron chi connectivity index (χ1n) is 11.1. The minimum atomic E-state index is -3.51. The molecule has 2 aromatic rings. The van der Waals surface area contributed by atoms with Crippen molar-refractivity contribution >= 4 is 33.8 Å². The fraction of sp³-hybridized carbons (Fsp3) is 0.500. The Balaban J connectivity index is 1.14. The summed E-state index contributed by atoms with van der Waals surface area (Å²) in [6, 6.07) is 9.84. The Labute approximate surface area is 192 Å². The number of nitrogens with zero attached hydrogens (tertiary/aromatic N) is 5. The van der Waals surface area contributed by atoms with Gasteiger partial charge in [-0.3, -0.25) is 4.79 Å². The number of amides is 1. The van der Waals surface area contributed by atoms with E-state index in [-0.39, 0.29) is 5.91 Å². The van der Waals surface area contributed by atoms with E-state index in [2.05, 4.69) is 14.8 Å². The minimum Gasteiger partial charge on any atom is -0.339 e. The molecule has 0 bridgehead atoms. The molecule has 1 amide bonds. The van der Waals surface area contributed by atoms with Gasteiger partial charge >= 0.3 is 0 Å². The molecule has 3 fully saturated rings. The maximum Gasteiger partial charge on any atom is 0.236 e. The normalized spacial score (nSPS) is 20.2. The van der Waals surface area contributed by atoms with E-state index in [0.717, 1.165) is 29.4 Å². The van der Waals surface area contributed by atoms with Crippen LogP contribution in [0.5, 0.6) is 0 Å². The third-order valence-corrected chi connectivity index (χ3v) is 8.55. The molecule has 1 aromatic heterocycles. The van der Waals surface area contributed by atoms with Crippen LogP contribution in [-0.2, 0) is 14.8 Å². The Bertz CT molecular complexity index is 1100. The number of benzene rings is 1. The van der Waals surface area contributed by atoms with Crippen LogP contribution in [0.4, 0.5) is 0 Å². The molecule has 1 aliphatic heterocycles. The SMILES string of the molecule is O=C(CSc1nnc(C2CC2)n1C1CC1)N1CCN(S(=O)(=O)/C=C/c2ccccc2)CC1. The van der Waals surface area contributed by atoms with Crippen molar-refractivity contribution < 1.29 is 13.2 Å². The maximum atomic E-state index is 12.8. The van der Waals surface area contributed by atoms with Gasteiger partial charge in [0.1, 0.15) is 5.82 Å². The molecule has 2 aliphatic carbocycles. The second kappa shape index (κ2) is 8.99. The summed E-state index contributed by atoms with van der Waals surface area (Å²) < 4.78 is 28.9. The summed E-state index contributed by atoms with van der Waals surface area (Å²) in [5.74, 6) is 1.95. The van der Waals surface area contributed by atoms with Gasteiger partial charge in [-0.15, -0.1) is 10.2 Å². The van der Waals surface area contributed by atoms with Crippen LogP contribution in [-0.4, -0.2) is 70.2 Å². The van der Waals surface area contributed by atoms with Gasteiger partial charge in [0, 0.05) is 43.5 Å². The average Bonchev–Trinajstić information content (AvgIpc) is 3.76. The quantitative estimate of drug-likeness (QED) is 0.548. The van der Waals surface area contributed by atoms with Gasteiger partial charge in [-0.05, 0) is 37.3 Å². The van der Waals surface area contributed by atoms with Crippen LogP contribution in [0.3, 0.4) is 0 Å². The van der Waals surface area contributed by atoms with Crippen molar-refractivity contribution in [2.75, 3.05) is 31.9 Å². The van der Waals surface area contributed by atoms with E-state index in [1.807, 2.05) is 30.3 Å². The molecule has 0 radical (unpaired) electrons. The third kappa shape index (κ3) is 4.92. The van der Waals surface area contributed by atoms with E-state index >= 15 is 0 Å². The number of aromatic nitrogens is 3. The summed E-state index contributed by atoms with van der Waals surface area (Å²) in [6.45, 7) is 1.42. The lowest BCUT2D eigenvalue weighted by Crippen LogP contribution is -2.50. The van der Waals surface area contributed by atoms with E-state index in [1.165, 1.54) is 34.3 Å². The first-order valence-corrected chi connectivity index (χ1v) is 13.6. The summed E-state index contributed by atoms with van der Waals surface area (Å²) in [6.07, 6.45) is 6.29. The predicted octanol–water partition coefficient (Wildman–Crippen LogP) is 2.73. The molecule has 3 aliphatic rings. The largest absolute Gasteiger partial charge is 0.339 e. The van der Waals surface area contributed by atoms with Gasteiger partial charge in [0.25, 0.3) is 0 Å². The molecule has 0 unspecified atom stereocenters. The maximum absolute atomic E-state index is 12.8. The van der Waals surface area contributed by atoms with E-state index in [9.17, 15) is 13.2 Å². The lowest BCUT2D eigenvalue weighted by Gasteiger charge is -2.33. The molecule has 0 atom stereocenters. The summed E-state index contributed by atoms with van der Waals surface area (Å²) >= 11 is 1.45. The van der Waals surface area contributed by atoms with Gasteiger partial charge in [-0.2, -0.15) is 4.31 Å². The van der Waals surface area contributed by atoms with Gasteiger partial charge < -0.3 is 9.47 Å². The van der Waals surface area contributed by atoms with Crippen molar-refractivity contribution in [1.29, 1.82) is 0 Å². The van der Waals surface area contributed by atoms with Crippen molar-refractivity contribution in [1.82, 2.24) is 24.0 Å². The van der Waals surface area contributed by atoms with Gasteiger partial charge in [0.15, 0.2) is 5.16 Å². The van der Waals surface area contributed by atoms with Crippen molar-refractivity contribution in [3.8, 4) is 0 Å². The van der Waals surface area contributed by atoms with Crippen LogP contribution in [0.2, 0.25) is 0 Å². The fourth-order valence-electron chi connectivity index (χ4n) is 3.91. The van der Waals surface area contributed by atoms with E-state index in [4.69, 9.17) is 0 Å². The van der Waals surface area contributed by atoms with Crippen LogP contribution in [0.15, 0.2) is 40.9 Å². The average molecular weight is 474 g/mol. The highest BCUT2D eigenvalue weighted by Gasteiger charge is 2.36. The number of piperazine rings is 1. The number of carbonyl (C=O) groups excluding carboxylic acids is 1. The van der Waals surface area contributed by atoms with Gasteiger partial charge in [0.2, 0.25) is 15.9 Å². The zero-order valence-electron chi connectivity index (χ0n) is 17.8. The van der Waals surface area contributed by atoms with E-state index in [1.54, 1.807) is 11.0 Å². The fourth-order valence-corrected chi connectivity index (χ4v) is 6.00. The predicted molar refractivity (Wildman–Crippen MR) is 124 cm³/mol. The second-order valence-electron chi connectivity index (χ2n) is 8.54. The smallest absolute Gasteiger partial charge is 0.236 e. The first kappa shape index (κ1) is 21.7. The molecular formula is C22H27N5O3S2. The molecule has 0 spiro atoms. The Morgan fingerprint density at radius 3 is 2.41 bits per heavy atom. The minimum absolute atomic E-state index is 0.0187. The number of rotatable bonds is 8. The van der Waals surface area contributed by atoms with Gasteiger partial charge in [0.05, 0.1) is 5.75 Å². The number of thioether (sulfide) groups is 1. The standard InChI is InChI=1S/C22H27N5O3S2/c28-20(16-31-22-24-23-21(18-6-7-18)27(22)19-8-9-19)25-11-13-26(14-12-25)32(29,30)15-10-17-4-2-1-3-5-17/h1-5,10,15,18-19H,6-9,11-14,16H2/b15-10+. The molecule has 0 N–H and O–H groups in total. The zero-order chi connectivity index (χ0) is 22.1. The van der Waals surface area contributed by atoms with Crippen molar-refractivity contribution in [2.45, 2.75) is 42.8 Å². The van der Waals surface area contributed by atoms with Crippen LogP contribution in [0, 0.1) is 0 Å². The molecule has 2 saturated carbocycles. The van der Waals surface area contributed by atoms with Gasteiger partial charge in [-0.1, -0.05) is 42.1 Å². The molecule has 170 valence electrons. The lowest BCUT2D eigenvalue weighted by atomic mass is 10.2. The Kier molecular flexibility index (Phi) is 6.09.